The quantitative estimate of drug-likeness (QED) is 0.0420. The second-order valence-corrected chi connectivity index (χ2v) is 20.2. The first-order valence-electron chi connectivity index (χ1n) is 24.6. The Bertz CT molecular complexity index is 2280. The van der Waals surface area contributed by atoms with Crippen molar-refractivity contribution in [1.82, 2.24) is 9.97 Å². The fourth-order valence-electron chi connectivity index (χ4n) is 10.6. The molecule has 354 valence electrons. The zero-order valence-electron chi connectivity index (χ0n) is 42.1. The van der Waals surface area contributed by atoms with Crippen LogP contribution in [0.1, 0.15) is 194 Å². The van der Waals surface area contributed by atoms with Crippen molar-refractivity contribution in [3.63, 3.8) is 0 Å². The van der Waals surface area contributed by atoms with Crippen LogP contribution in [0.3, 0.4) is 0 Å². The zero-order valence-corrected chi connectivity index (χ0v) is 43.5. The van der Waals surface area contributed by atoms with Gasteiger partial charge in [-0.1, -0.05) is 140 Å². The first-order chi connectivity index (χ1) is 30.9. The SMILES string of the molecule is CCC1/C2=C/c3[n-]c4c(c3C)C(=O)C(C(=O)OC)/C4=C3/[N-]/C(=C\c4[n-]c(c(C(C)=O)c4C)/C=C(\[N-]2)C1C)C(C)C3CCC(=O)OC/C=C(\C)CCCC(C)CCCC(C)CCCC(C)C.[Mg+2]. The van der Waals surface area contributed by atoms with E-state index in [0.717, 1.165) is 48.1 Å². The number of carbonyl (C=O) groups is 4. The standard InChI is InChI=1S/C55H76N4O6.Mg/c1-13-39-34(7)41-29-46-48(38(11)60)36(9)43(57-46)27-42-35(8)40(52(58-42)50-51(55(63)64-12)54(62)49-37(10)44(59-53(49)50)28-45(39)56-41)23-24-47(61)65-26-25-33(6)22-16-21-32(5)20-15-19-31(4)18-14-17-30(2)3;/h25,27-32,34-35,39-40,51H,13-24,26H2,1-12H3,(H2-2,56,57,58,59,60,62);/q-2;+2/p-2/b33-25+,42-27-,45-28-;. The normalized spacial score (nSPS) is 25.5. The molecule has 10 nitrogen and oxygen atoms in total. The summed E-state index contributed by atoms with van der Waals surface area (Å²) in [4.78, 5) is 64.7. The summed E-state index contributed by atoms with van der Waals surface area (Å²) in [5.41, 5.74) is 9.10. The second kappa shape index (κ2) is 23.3. The molecule has 7 atom stereocenters. The molecule has 2 saturated heterocycles. The monoisotopic (exact) mass is 911 g/mol. The van der Waals surface area contributed by atoms with Gasteiger partial charge in [-0.15, -0.1) is 22.8 Å². The van der Waals surface area contributed by atoms with E-state index in [4.69, 9.17) is 30.1 Å². The van der Waals surface area contributed by atoms with Crippen LogP contribution in [0.4, 0.5) is 0 Å². The van der Waals surface area contributed by atoms with Gasteiger partial charge >= 0.3 is 35.0 Å². The number of esters is 2. The van der Waals surface area contributed by atoms with Gasteiger partial charge in [0.05, 0.1) is 7.11 Å². The van der Waals surface area contributed by atoms with Crippen molar-refractivity contribution in [3.05, 3.63) is 90.1 Å². The Kier molecular flexibility index (Phi) is 18.6. The van der Waals surface area contributed by atoms with E-state index in [-0.39, 0.29) is 77.3 Å². The van der Waals surface area contributed by atoms with Gasteiger partial charge in [0.1, 0.15) is 12.5 Å². The van der Waals surface area contributed by atoms with Gasteiger partial charge in [-0.3, -0.25) is 19.2 Å². The van der Waals surface area contributed by atoms with Gasteiger partial charge in [0.2, 0.25) is 0 Å². The average molecular weight is 912 g/mol. The summed E-state index contributed by atoms with van der Waals surface area (Å²) in [6.45, 7) is 23.3. The van der Waals surface area contributed by atoms with Crippen LogP contribution in [-0.2, 0) is 19.1 Å². The van der Waals surface area contributed by atoms with E-state index in [1.54, 1.807) is 6.92 Å². The summed E-state index contributed by atoms with van der Waals surface area (Å²) in [5.74, 6) is -0.869. The maximum Gasteiger partial charge on any atom is 2.00 e. The van der Waals surface area contributed by atoms with Crippen molar-refractivity contribution in [1.29, 1.82) is 0 Å². The van der Waals surface area contributed by atoms with Crippen LogP contribution in [-0.4, -0.2) is 60.3 Å². The Hall–Kier alpha value is -4.09. The number of methoxy groups -OCH3 is 1. The first kappa shape index (κ1) is 52.9. The molecule has 2 fully saturated rings. The molecular formula is C55H74MgN4O6-2. The van der Waals surface area contributed by atoms with Crippen LogP contribution in [0.2, 0.25) is 0 Å². The van der Waals surface area contributed by atoms with Crippen molar-refractivity contribution in [2.75, 3.05) is 13.7 Å². The molecule has 2 aromatic heterocycles. The number of fused-ring (bicyclic) bond motifs is 7. The van der Waals surface area contributed by atoms with Crippen LogP contribution in [0, 0.1) is 61.2 Å². The number of ether oxygens (including phenoxy) is 2. The molecule has 4 aliphatic rings. The Morgan fingerprint density at radius 2 is 1.35 bits per heavy atom. The Morgan fingerprint density at radius 1 is 0.758 bits per heavy atom. The fourth-order valence-corrected chi connectivity index (χ4v) is 10.6. The van der Waals surface area contributed by atoms with Crippen LogP contribution in [0.5, 0.6) is 0 Å². The largest absolute Gasteiger partial charge is 2.00 e. The molecule has 0 aromatic carbocycles. The van der Waals surface area contributed by atoms with Crippen molar-refractivity contribution in [2.24, 2.45) is 47.3 Å². The van der Waals surface area contributed by atoms with Crippen molar-refractivity contribution < 1.29 is 28.7 Å². The zero-order chi connectivity index (χ0) is 47.3. The molecular weight excluding hydrogens is 837 g/mol. The van der Waals surface area contributed by atoms with E-state index < -0.39 is 11.9 Å². The van der Waals surface area contributed by atoms with Gasteiger partial charge in [0.15, 0.2) is 11.6 Å². The number of allylic oxidation sites excluding steroid dienone is 5. The van der Waals surface area contributed by atoms with Gasteiger partial charge in [0.25, 0.3) is 0 Å². The third kappa shape index (κ3) is 11.8. The number of carbonyl (C=O) groups excluding carboxylic acids is 4. The van der Waals surface area contributed by atoms with Crippen LogP contribution in [0.15, 0.2) is 34.4 Å². The summed E-state index contributed by atoms with van der Waals surface area (Å²) < 4.78 is 11.0. The molecule has 0 spiro atoms. The second-order valence-electron chi connectivity index (χ2n) is 20.2. The van der Waals surface area contributed by atoms with Gasteiger partial charge in [-0.25, -0.2) is 0 Å². The average Bonchev–Trinajstić information content (AvgIpc) is 4.00. The molecule has 11 heteroatoms. The minimum Gasteiger partial charge on any atom is -0.664 e. The topological polar surface area (TPSA) is 143 Å². The molecule has 5 heterocycles. The summed E-state index contributed by atoms with van der Waals surface area (Å²) in [6.07, 6.45) is 20.3. The Morgan fingerprint density at radius 3 is 1.98 bits per heavy atom. The van der Waals surface area contributed by atoms with E-state index in [1.807, 2.05) is 45.1 Å². The van der Waals surface area contributed by atoms with Gasteiger partial charge in [-0.05, 0) is 94.5 Å². The first-order valence-corrected chi connectivity index (χ1v) is 24.6. The van der Waals surface area contributed by atoms with E-state index in [2.05, 4.69) is 48.5 Å². The summed E-state index contributed by atoms with van der Waals surface area (Å²) in [6, 6.07) is 0. The number of hydrogen-bond donors (Lipinski definition) is 0. The predicted octanol–water partition coefficient (Wildman–Crippen LogP) is 12.9. The number of rotatable bonds is 20. The van der Waals surface area contributed by atoms with Crippen LogP contribution in [0.25, 0.3) is 34.4 Å². The summed E-state index contributed by atoms with van der Waals surface area (Å²) >= 11 is 0. The van der Waals surface area contributed by atoms with Crippen molar-refractivity contribution in [3.8, 4) is 0 Å². The molecule has 7 unspecified atom stereocenters. The van der Waals surface area contributed by atoms with E-state index in [9.17, 15) is 19.2 Å². The van der Waals surface area contributed by atoms with E-state index in [0.29, 0.717) is 68.8 Å². The third-order valence-corrected chi connectivity index (χ3v) is 14.8. The molecule has 0 saturated carbocycles. The van der Waals surface area contributed by atoms with Crippen LogP contribution >= 0.6 is 0 Å². The summed E-state index contributed by atoms with van der Waals surface area (Å²) in [5, 5.41) is 10.3. The summed E-state index contributed by atoms with van der Waals surface area (Å²) in [7, 11) is 1.28. The molecule has 0 amide bonds. The molecule has 0 radical (unpaired) electrons. The molecule has 3 aliphatic heterocycles. The number of ketones is 2. The van der Waals surface area contributed by atoms with Gasteiger partial charge < -0.3 is 30.1 Å². The number of aromatic nitrogens is 2. The fraction of sp³-hybridized carbons (Fsp3) is 0.600. The molecule has 8 bridgehead atoms. The molecule has 1 aliphatic carbocycles. The third-order valence-electron chi connectivity index (χ3n) is 14.8. The maximum atomic E-state index is 14.4. The van der Waals surface area contributed by atoms with Crippen LogP contribution < -0.4 is 9.97 Å². The minimum atomic E-state index is -1.25. The Labute approximate surface area is 411 Å². The van der Waals surface area contributed by atoms with E-state index >= 15 is 0 Å². The molecule has 66 heavy (non-hydrogen) atoms. The van der Waals surface area contributed by atoms with Gasteiger partial charge in [-0.2, -0.15) is 22.8 Å². The Balaban J connectivity index is 0.00000817. The van der Waals surface area contributed by atoms with Crippen molar-refractivity contribution >= 4 is 70.4 Å². The smallest absolute Gasteiger partial charge is 0.664 e. The molecule has 0 N–H and O–H groups in total. The predicted molar refractivity (Wildman–Crippen MR) is 266 cm³/mol. The van der Waals surface area contributed by atoms with E-state index in [1.165, 1.54) is 57.6 Å². The molecule has 2 aromatic rings. The minimum absolute atomic E-state index is 0. The number of nitrogens with zero attached hydrogens (tertiary/aromatic N) is 4. The number of Topliss-reactive ketones (excluding diaryl/α,β-unsaturated/α-hetero) is 2. The van der Waals surface area contributed by atoms with Gasteiger partial charge in [0, 0.05) is 17.5 Å². The number of hydrogen-bond acceptors (Lipinski definition) is 6. The van der Waals surface area contributed by atoms with Crippen molar-refractivity contribution in [2.45, 2.75) is 153 Å². The maximum absolute atomic E-state index is 14.4. The molecule has 6 rings (SSSR count).